The van der Waals surface area contributed by atoms with Crippen LogP contribution in [0.5, 0.6) is 0 Å². The lowest BCUT2D eigenvalue weighted by molar-refractivity contribution is 0.0240. The summed E-state index contributed by atoms with van der Waals surface area (Å²) in [6.07, 6.45) is 40.3. The zero-order valence-electron chi connectivity index (χ0n) is 25.2. The Morgan fingerprint density at radius 2 is 0.778 bits per heavy atom. The van der Waals surface area contributed by atoms with Crippen LogP contribution in [-0.4, -0.2) is 25.4 Å². The Morgan fingerprint density at radius 3 is 1.11 bits per heavy atom. The van der Waals surface area contributed by atoms with Crippen LogP contribution in [0.2, 0.25) is 0 Å². The van der Waals surface area contributed by atoms with Crippen LogP contribution in [-0.2, 0) is 9.47 Å². The van der Waals surface area contributed by atoms with E-state index >= 15 is 0 Å². The lowest BCUT2D eigenvalue weighted by Gasteiger charge is -2.16. The van der Waals surface area contributed by atoms with Crippen LogP contribution in [0.4, 0.5) is 0 Å². The summed E-state index contributed by atoms with van der Waals surface area (Å²) in [7, 11) is 0. The number of ether oxygens (including phenoxy) is 2. The summed E-state index contributed by atoms with van der Waals surface area (Å²) in [5, 5.41) is 0. The van der Waals surface area contributed by atoms with Crippen LogP contribution in [0, 0.1) is 0 Å². The second-order valence-electron chi connectivity index (χ2n) is 11.9. The summed E-state index contributed by atoms with van der Waals surface area (Å²) in [5.41, 5.74) is 0. The minimum Gasteiger partial charge on any atom is -0.375 e. The molecule has 1 saturated heterocycles. The molecule has 0 N–H and O–H groups in total. The van der Waals surface area contributed by atoms with Crippen LogP contribution in [0.3, 0.4) is 0 Å². The van der Waals surface area contributed by atoms with Crippen LogP contribution in [0.15, 0.2) is 0 Å². The van der Waals surface area contributed by atoms with Crippen molar-refractivity contribution in [3.05, 3.63) is 0 Å². The molecule has 0 aromatic heterocycles. The molecule has 0 amide bonds. The summed E-state index contributed by atoms with van der Waals surface area (Å²) >= 11 is 0. The SMILES string of the molecule is CCCCCCCCCCCCCCCCOC(CCCCCCCCCCCCCCC)C1CO1. The Hall–Kier alpha value is -0.0800. The van der Waals surface area contributed by atoms with Gasteiger partial charge in [-0.05, 0) is 12.8 Å². The maximum Gasteiger partial charge on any atom is 0.107 e. The third-order valence-electron chi connectivity index (χ3n) is 8.20. The minimum absolute atomic E-state index is 0.375. The van der Waals surface area contributed by atoms with E-state index in [0.717, 1.165) is 13.2 Å². The summed E-state index contributed by atoms with van der Waals surface area (Å²) < 4.78 is 11.8. The first-order valence-corrected chi connectivity index (χ1v) is 17.1. The van der Waals surface area contributed by atoms with Crippen molar-refractivity contribution in [1.82, 2.24) is 0 Å². The molecule has 0 bridgehead atoms. The van der Waals surface area contributed by atoms with Crippen molar-refractivity contribution in [2.45, 2.75) is 206 Å². The fourth-order valence-electron chi connectivity index (χ4n) is 5.54. The van der Waals surface area contributed by atoms with Gasteiger partial charge in [0, 0.05) is 6.61 Å². The topological polar surface area (TPSA) is 21.8 Å². The van der Waals surface area contributed by atoms with Crippen molar-refractivity contribution in [2.75, 3.05) is 13.2 Å². The van der Waals surface area contributed by atoms with E-state index in [-0.39, 0.29) is 0 Å². The number of hydrogen-bond donors (Lipinski definition) is 0. The Bertz CT molecular complexity index is 406. The lowest BCUT2D eigenvalue weighted by atomic mass is 10.0. The predicted octanol–water partition coefficient (Wildman–Crippen LogP) is 11.7. The highest BCUT2D eigenvalue weighted by atomic mass is 16.6. The Labute approximate surface area is 228 Å². The molecule has 2 nitrogen and oxygen atoms in total. The van der Waals surface area contributed by atoms with Crippen LogP contribution < -0.4 is 0 Å². The van der Waals surface area contributed by atoms with Crippen molar-refractivity contribution in [3.8, 4) is 0 Å². The summed E-state index contributed by atoms with van der Waals surface area (Å²) in [5.74, 6) is 0. The van der Waals surface area contributed by atoms with E-state index in [2.05, 4.69) is 13.8 Å². The molecule has 0 spiro atoms. The molecule has 0 aliphatic carbocycles. The molecule has 2 heteroatoms. The van der Waals surface area contributed by atoms with Gasteiger partial charge < -0.3 is 9.47 Å². The van der Waals surface area contributed by atoms with E-state index in [1.807, 2.05) is 0 Å². The van der Waals surface area contributed by atoms with Gasteiger partial charge in [0.25, 0.3) is 0 Å². The molecule has 216 valence electrons. The van der Waals surface area contributed by atoms with Gasteiger partial charge in [-0.1, -0.05) is 181 Å². The second-order valence-corrected chi connectivity index (χ2v) is 11.9. The molecule has 0 saturated carbocycles. The van der Waals surface area contributed by atoms with Crippen LogP contribution in [0.25, 0.3) is 0 Å². The minimum atomic E-state index is 0.375. The molecule has 36 heavy (non-hydrogen) atoms. The second kappa shape index (κ2) is 27.9. The van der Waals surface area contributed by atoms with Gasteiger partial charge in [0.15, 0.2) is 0 Å². The average Bonchev–Trinajstić information content (AvgIpc) is 3.73. The molecule has 1 fully saturated rings. The average molecular weight is 509 g/mol. The molecule has 1 heterocycles. The zero-order valence-corrected chi connectivity index (χ0v) is 25.2. The normalized spacial score (nSPS) is 16.0. The van der Waals surface area contributed by atoms with Gasteiger partial charge in [0.05, 0.1) is 12.7 Å². The molecule has 0 radical (unpaired) electrons. The fraction of sp³-hybridized carbons (Fsp3) is 1.00. The molecular weight excluding hydrogens is 440 g/mol. The maximum absolute atomic E-state index is 6.26. The van der Waals surface area contributed by atoms with Gasteiger partial charge in [-0.15, -0.1) is 0 Å². The predicted molar refractivity (Wildman–Crippen MR) is 160 cm³/mol. The molecule has 0 aromatic rings. The molecule has 0 aromatic carbocycles. The van der Waals surface area contributed by atoms with E-state index < -0.39 is 0 Å². The summed E-state index contributed by atoms with van der Waals surface area (Å²) in [6, 6.07) is 0. The largest absolute Gasteiger partial charge is 0.375 e. The molecular formula is C34H68O2. The molecule has 1 aliphatic rings. The summed E-state index contributed by atoms with van der Waals surface area (Å²) in [4.78, 5) is 0. The highest BCUT2D eigenvalue weighted by Gasteiger charge is 2.32. The van der Waals surface area contributed by atoms with Gasteiger partial charge in [-0.3, -0.25) is 0 Å². The van der Waals surface area contributed by atoms with Crippen molar-refractivity contribution in [1.29, 1.82) is 0 Å². The van der Waals surface area contributed by atoms with E-state index in [0.29, 0.717) is 12.2 Å². The number of epoxide rings is 1. The number of unbranched alkanes of at least 4 members (excludes halogenated alkanes) is 25. The van der Waals surface area contributed by atoms with E-state index in [4.69, 9.17) is 9.47 Å². The Kier molecular flexibility index (Phi) is 26.3. The van der Waals surface area contributed by atoms with Gasteiger partial charge >= 0.3 is 0 Å². The highest BCUT2D eigenvalue weighted by Crippen LogP contribution is 2.23. The highest BCUT2D eigenvalue weighted by molar-refractivity contribution is 4.80. The smallest absolute Gasteiger partial charge is 0.107 e. The van der Waals surface area contributed by atoms with Gasteiger partial charge in [0.2, 0.25) is 0 Å². The van der Waals surface area contributed by atoms with Crippen molar-refractivity contribution in [3.63, 3.8) is 0 Å². The first kappa shape index (κ1) is 33.9. The van der Waals surface area contributed by atoms with Gasteiger partial charge in [0.1, 0.15) is 6.10 Å². The molecule has 2 unspecified atom stereocenters. The Balaban J connectivity index is 1.79. The first-order valence-electron chi connectivity index (χ1n) is 17.1. The van der Waals surface area contributed by atoms with Gasteiger partial charge in [-0.2, -0.15) is 0 Å². The Morgan fingerprint density at radius 1 is 0.472 bits per heavy atom. The van der Waals surface area contributed by atoms with E-state index in [1.54, 1.807) is 0 Å². The zero-order chi connectivity index (χ0) is 25.8. The third-order valence-corrected chi connectivity index (χ3v) is 8.20. The quantitative estimate of drug-likeness (QED) is 0.0686. The number of rotatable bonds is 31. The third kappa shape index (κ3) is 24.3. The monoisotopic (exact) mass is 509 g/mol. The van der Waals surface area contributed by atoms with E-state index in [9.17, 15) is 0 Å². The van der Waals surface area contributed by atoms with Crippen molar-refractivity contribution < 1.29 is 9.47 Å². The van der Waals surface area contributed by atoms with E-state index in [1.165, 1.54) is 180 Å². The fourth-order valence-corrected chi connectivity index (χ4v) is 5.54. The molecule has 2 atom stereocenters. The van der Waals surface area contributed by atoms with Crippen molar-refractivity contribution >= 4 is 0 Å². The van der Waals surface area contributed by atoms with Crippen LogP contribution >= 0.6 is 0 Å². The molecule has 1 rings (SSSR count). The number of hydrogen-bond acceptors (Lipinski definition) is 2. The molecule has 1 aliphatic heterocycles. The van der Waals surface area contributed by atoms with Gasteiger partial charge in [-0.25, -0.2) is 0 Å². The maximum atomic E-state index is 6.26. The van der Waals surface area contributed by atoms with Crippen molar-refractivity contribution in [2.24, 2.45) is 0 Å². The standard InChI is InChI=1S/C34H68O2/c1-3-5-7-9-11-13-15-17-19-21-23-25-27-29-31-35-33(34-32-36-34)30-28-26-24-22-20-18-16-14-12-10-8-6-4-2/h33-34H,3-32H2,1-2H3. The first-order chi connectivity index (χ1) is 17.9. The lowest BCUT2D eigenvalue weighted by Crippen LogP contribution is -2.20. The summed E-state index contributed by atoms with van der Waals surface area (Å²) in [6.45, 7) is 6.48. The van der Waals surface area contributed by atoms with Crippen LogP contribution in [0.1, 0.15) is 194 Å².